The van der Waals surface area contributed by atoms with Gasteiger partial charge in [-0.05, 0) is 18.4 Å². The van der Waals surface area contributed by atoms with E-state index < -0.39 is 24.4 Å². The van der Waals surface area contributed by atoms with Gasteiger partial charge in [0.1, 0.15) is 0 Å². The highest BCUT2D eigenvalue weighted by Gasteiger charge is 2.44. The molecule has 0 spiro atoms. The van der Waals surface area contributed by atoms with Crippen molar-refractivity contribution in [1.82, 2.24) is 9.80 Å². The van der Waals surface area contributed by atoms with Crippen molar-refractivity contribution in [1.29, 1.82) is 0 Å². The lowest BCUT2D eigenvalue weighted by Crippen LogP contribution is -2.37. The van der Waals surface area contributed by atoms with Gasteiger partial charge in [0.15, 0.2) is 5.78 Å². The van der Waals surface area contributed by atoms with Crippen molar-refractivity contribution in [2.45, 2.75) is 26.2 Å². The molecule has 0 bridgehead atoms. The maximum atomic E-state index is 12.3. The molecular weight excluding hydrogens is 308 g/mol. The van der Waals surface area contributed by atoms with Gasteiger partial charge in [-0.2, -0.15) is 0 Å². The van der Waals surface area contributed by atoms with Crippen LogP contribution in [0.3, 0.4) is 0 Å². The van der Waals surface area contributed by atoms with Gasteiger partial charge >= 0.3 is 17.8 Å². The normalized spacial score (nSPS) is 14.5. The van der Waals surface area contributed by atoms with E-state index in [2.05, 4.69) is 13.5 Å². The van der Waals surface area contributed by atoms with Gasteiger partial charge < -0.3 is 0 Å². The van der Waals surface area contributed by atoms with Gasteiger partial charge in [0.05, 0.1) is 6.54 Å². The minimum absolute atomic E-state index is 0.0553. The molecule has 126 valence electrons. The Bertz CT molecular complexity index is 679. The second-order valence-electron chi connectivity index (χ2n) is 5.60. The number of nitrogens with zero attached hydrogens (tertiary/aromatic N) is 2. The zero-order chi connectivity index (χ0) is 17.7. The average molecular weight is 328 g/mol. The molecule has 24 heavy (non-hydrogen) atoms. The number of rotatable bonds is 8. The smallest absolute Gasteiger partial charge is 0.292 e. The number of ketones is 1. The van der Waals surface area contributed by atoms with Crippen LogP contribution in [0.4, 0.5) is 4.79 Å². The Balaban J connectivity index is 2.06. The lowest BCUT2D eigenvalue weighted by Gasteiger charge is -2.13. The van der Waals surface area contributed by atoms with E-state index in [4.69, 9.17) is 0 Å². The zero-order valence-electron chi connectivity index (χ0n) is 13.7. The van der Waals surface area contributed by atoms with Crippen molar-refractivity contribution in [3.8, 4) is 0 Å². The lowest BCUT2D eigenvalue weighted by molar-refractivity contribution is -0.142. The summed E-state index contributed by atoms with van der Waals surface area (Å²) in [5.41, 5.74) is 1.54. The van der Waals surface area contributed by atoms with Crippen molar-refractivity contribution in [3.63, 3.8) is 0 Å². The molecular formula is C18H20N2O4. The van der Waals surface area contributed by atoms with Gasteiger partial charge in [-0.15, -0.1) is 6.58 Å². The second kappa shape index (κ2) is 7.68. The van der Waals surface area contributed by atoms with E-state index in [9.17, 15) is 19.2 Å². The highest BCUT2D eigenvalue weighted by atomic mass is 16.2. The van der Waals surface area contributed by atoms with Gasteiger partial charge in [-0.3, -0.25) is 19.3 Å². The molecule has 0 N–H and O–H groups in total. The molecule has 6 nitrogen and oxygen atoms in total. The summed E-state index contributed by atoms with van der Waals surface area (Å²) in [5.74, 6) is -2.29. The Morgan fingerprint density at radius 1 is 1.08 bits per heavy atom. The predicted octanol–water partition coefficient (Wildman–Crippen LogP) is 2.19. The lowest BCUT2D eigenvalue weighted by atomic mass is 10.0. The molecule has 1 heterocycles. The Labute approximate surface area is 140 Å². The van der Waals surface area contributed by atoms with Crippen LogP contribution >= 0.6 is 0 Å². The molecule has 0 radical (unpaired) electrons. The van der Waals surface area contributed by atoms with Crippen LogP contribution in [0.1, 0.15) is 35.7 Å². The number of unbranched alkanes of at least 4 members (excludes halogenated alkanes) is 1. The molecule has 1 aliphatic rings. The molecule has 4 amide bonds. The third-order valence-corrected chi connectivity index (χ3v) is 3.84. The van der Waals surface area contributed by atoms with Crippen LogP contribution in [0.5, 0.6) is 0 Å². The first kappa shape index (κ1) is 17.6. The number of Topliss-reactive ketones (excluding diaryl/α,β-unsaturated/α-hetero) is 1. The Hall–Kier alpha value is -2.76. The fraction of sp³-hybridized carbons (Fsp3) is 0.333. The van der Waals surface area contributed by atoms with E-state index in [1.54, 1.807) is 12.1 Å². The number of hydrogen-bond donors (Lipinski definition) is 0. The largest absolute Gasteiger partial charge is 0.334 e. The summed E-state index contributed by atoms with van der Waals surface area (Å²) >= 11 is 0. The van der Waals surface area contributed by atoms with E-state index in [1.807, 2.05) is 12.1 Å². The molecule has 1 saturated heterocycles. The highest BCUT2D eigenvalue weighted by molar-refractivity contribution is 6.45. The van der Waals surface area contributed by atoms with Crippen LogP contribution in [0.2, 0.25) is 0 Å². The number of imide groups is 2. The van der Waals surface area contributed by atoms with Crippen LogP contribution in [-0.4, -0.2) is 46.5 Å². The molecule has 0 aromatic heterocycles. The maximum Gasteiger partial charge on any atom is 0.334 e. The van der Waals surface area contributed by atoms with E-state index in [0.717, 1.165) is 29.7 Å². The minimum atomic E-state index is -0.977. The monoisotopic (exact) mass is 328 g/mol. The first-order chi connectivity index (χ1) is 11.5. The number of urea groups is 1. The van der Waals surface area contributed by atoms with E-state index in [1.165, 1.54) is 6.08 Å². The van der Waals surface area contributed by atoms with Gasteiger partial charge in [0.2, 0.25) is 0 Å². The predicted molar refractivity (Wildman–Crippen MR) is 88.4 cm³/mol. The summed E-state index contributed by atoms with van der Waals surface area (Å²) in [4.78, 5) is 49.4. The first-order valence-corrected chi connectivity index (χ1v) is 7.90. The van der Waals surface area contributed by atoms with Crippen LogP contribution in [-0.2, 0) is 16.0 Å². The molecule has 1 aromatic rings. The van der Waals surface area contributed by atoms with Crippen molar-refractivity contribution >= 4 is 23.6 Å². The van der Waals surface area contributed by atoms with E-state index >= 15 is 0 Å². The van der Waals surface area contributed by atoms with Gasteiger partial charge in [0.25, 0.3) is 0 Å². The van der Waals surface area contributed by atoms with E-state index in [-0.39, 0.29) is 12.3 Å². The SMILES string of the molecule is C=CCN1C(=O)C(=O)N(CC(=O)c2ccc(CCCC)cc2)C1=O. The van der Waals surface area contributed by atoms with Crippen LogP contribution in [0.15, 0.2) is 36.9 Å². The van der Waals surface area contributed by atoms with Crippen LogP contribution < -0.4 is 0 Å². The van der Waals surface area contributed by atoms with Crippen molar-refractivity contribution < 1.29 is 19.2 Å². The molecule has 6 heteroatoms. The molecule has 0 unspecified atom stereocenters. The third-order valence-electron chi connectivity index (χ3n) is 3.84. The summed E-state index contributed by atoms with van der Waals surface area (Å²) in [5, 5.41) is 0. The van der Waals surface area contributed by atoms with Crippen molar-refractivity contribution in [2.24, 2.45) is 0 Å². The Morgan fingerprint density at radius 3 is 2.29 bits per heavy atom. The maximum absolute atomic E-state index is 12.3. The molecule has 1 aliphatic heterocycles. The van der Waals surface area contributed by atoms with Crippen LogP contribution in [0, 0.1) is 0 Å². The second-order valence-corrected chi connectivity index (χ2v) is 5.60. The van der Waals surface area contributed by atoms with Gasteiger partial charge in [-0.1, -0.05) is 43.7 Å². The highest BCUT2D eigenvalue weighted by Crippen LogP contribution is 2.14. The quantitative estimate of drug-likeness (QED) is 0.317. The van der Waals surface area contributed by atoms with Gasteiger partial charge in [-0.25, -0.2) is 9.69 Å². The Morgan fingerprint density at radius 2 is 1.71 bits per heavy atom. The molecule has 1 aromatic carbocycles. The fourth-order valence-electron chi connectivity index (χ4n) is 2.45. The number of carbonyl (C=O) groups is 4. The number of hydrogen-bond acceptors (Lipinski definition) is 4. The van der Waals surface area contributed by atoms with Crippen molar-refractivity contribution in [2.75, 3.05) is 13.1 Å². The van der Waals surface area contributed by atoms with Crippen LogP contribution in [0.25, 0.3) is 0 Å². The summed E-state index contributed by atoms with van der Waals surface area (Å²) in [6, 6.07) is 6.32. The van der Waals surface area contributed by atoms with E-state index in [0.29, 0.717) is 10.5 Å². The standard InChI is InChI=1S/C18H20N2O4/c1-3-5-6-13-7-9-14(10-8-13)15(21)12-20-17(23)16(22)19(11-4-2)18(20)24/h4,7-10H,2-3,5-6,11-12H2,1H3. The molecule has 2 rings (SSSR count). The molecule has 0 atom stereocenters. The third kappa shape index (κ3) is 3.59. The number of aryl methyl sites for hydroxylation is 1. The number of benzene rings is 1. The topological polar surface area (TPSA) is 74.8 Å². The summed E-state index contributed by atoms with van der Waals surface area (Å²) in [7, 11) is 0. The zero-order valence-corrected chi connectivity index (χ0v) is 13.7. The first-order valence-electron chi connectivity index (χ1n) is 7.90. The van der Waals surface area contributed by atoms with Gasteiger partial charge in [0, 0.05) is 12.1 Å². The van der Waals surface area contributed by atoms with Crippen molar-refractivity contribution in [3.05, 3.63) is 48.0 Å². The number of carbonyl (C=O) groups excluding carboxylic acids is 4. The molecule has 1 fully saturated rings. The minimum Gasteiger partial charge on any atom is -0.292 e. The fourth-order valence-corrected chi connectivity index (χ4v) is 2.45. The summed E-state index contributed by atoms with van der Waals surface area (Å²) in [6.07, 6.45) is 4.46. The molecule has 0 saturated carbocycles. The summed E-state index contributed by atoms with van der Waals surface area (Å²) < 4.78 is 0. The Kier molecular flexibility index (Phi) is 5.63. The summed E-state index contributed by atoms with van der Waals surface area (Å²) in [6.45, 7) is 5.05. The molecule has 0 aliphatic carbocycles. The number of amides is 4. The average Bonchev–Trinajstić information content (AvgIpc) is 2.78.